The zero-order valence-electron chi connectivity index (χ0n) is 9.15. The number of hydrogen-bond donors (Lipinski definition) is 1. The summed E-state index contributed by atoms with van der Waals surface area (Å²) in [6.07, 6.45) is 4.93. The molecular weight excluding hydrogens is 313 g/mol. The number of imidazole rings is 1. The van der Waals surface area contributed by atoms with Gasteiger partial charge >= 0.3 is 0 Å². The van der Waals surface area contributed by atoms with Crippen LogP contribution >= 0.6 is 22.6 Å². The lowest BCUT2D eigenvalue weighted by Crippen LogP contribution is -2.02. The molecule has 2 rings (SSSR count). The van der Waals surface area contributed by atoms with Crippen molar-refractivity contribution in [1.29, 1.82) is 0 Å². The quantitative estimate of drug-likeness (QED) is 0.869. The van der Waals surface area contributed by atoms with Gasteiger partial charge in [-0.15, -0.1) is 0 Å². The van der Waals surface area contributed by atoms with E-state index in [1.165, 1.54) is 3.57 Å². The molecule has 16 heavy (non-hydrogen) atoms. The van der Waals surface area contributed by atoms with Gasteiger partial charge in [0, 0.05) is 28.2 Å². The summed E-state index contributed by atoms with van der Waals surface area (Å²) in [6.45, 7) is 3.15. The highest BCUT2D eigenvalue weighted by Crippen LogP contribution is 2.17. The molecule has 0 amide bonds. The smallest absolute Gasteiger partial charge is 0.207 e. The fourth-order valence-electron chi connectivity index (χ4n) is 1.55. The maximum atomic E-state index is 4.31. The molecule has 0 fully saturated rings. The highest BCUT2D eigenvalue weighted by atomic mass is 127. The Labute approximate surface area is 109 Å². The van der Waals surface area contributed by atoms with Crippen LogP contribution in [0.5, 0.6) is 0 Å². The number of anilines is 2. The third-order valence-corrected chi connectivity index (χ3v) is 2.93. The fourth-order valence-corrected chi connectivity index (χ4v) is 2.09. The third kappa shape index (κ3) is 2.75. The van der Waals surface area contributed by atoms with Crippen molar-refractivity contribution in [1.82, 2.24) is 9.55 Å². The number of hydrogen-bond acceptors (Lipinski definition) is 2. The number of nitrogens with one attached hydrogen (secondary N) is 1. The molecule has 1 heterocycles. The summed E-state index contributed by atoms with van der Waals surface area (Å²) in [4.78, 5) is 4.31. The Kier molecular flexibility index (Phi) is 3.82. The first kappa shape index (κ1) is 11.4. The maximum Gasteiger partial charge on any atom is 0.207 e. The van der Waals surface area contributed by atoms with E-state index in [2.05, 4.69) is 56.5 Å². The standard InChI is InChI=1S/C12H14IN3/c1-2-7-16-8-6-14-12(16)15-11-5-3-4-10(13)9-11/h3-6,8-9H,2,7H2,1H3,(H,14,15). The van der Waals surface area contributed by atoms with Crippen molar-refractivity contribution in [2.24, 2.45) is 0 Å². The van der Waals surface area contributed by atoms with E-state index in [0.717, 1.165) is 24.6 Å². The highest BCUT2D eigenvalue weighted by molar-refractivity contribution is 14.1. The van der Waals surface area contributed by atoms with Crippen molar-refractivity contribution in [3.63, 3.8) is 0 Å². The van der Waals surface area contributed by atoms with Crippen LogP contribution in [0, 0.1) is 3.57 Å². The first-order chi connectivity index (χ1) is 7.79. The van der Waals surface area contributed by atoms with Gasteiger partial charge < -0.3 is 9.88 Å². The summed E-state index contributed by atoms with van der Waals surface area (Å²) in [5, 5.41) is 3.33. The summed E-state index contributed by atoms with van der Waals surface area (Å²) < 4.78 is 3.34. The monoisotopic (exact) mass is 327 g/mol. The van der Waals surface area contributed by atoms with Crippen molar-refractivity contribution in [3.05, 3.63) is 40.2 Å². The van der Waals surface area contributed by atoms with E-state index in [9.17, 15) is 0 Å². The lowest BCUT2D eigenvalue weighted by atomic mass is 10.3. The van der Waals surface area contributed by atoms with Crippen LogP contribution in [0.25, 0.3) is 0 Å². The Morgan fingerprint density at radius 1 is 1.44 bits per heavy atom. The van der Waals surface area contributed by atoms with E-state index in [0.29, 0.717) is 0 Å². The van der Waals surface area contributed by atoms with Gasteiger partial charge in [0.1, 0.15) is 0 Å². The van der Waals surface area contributed by atoms with Crippen molar-refractivity contribution in [2.75, 3.05) is 5.32 Å². The van der Waals surface area contributed by atoms with Gasteiger partial charge in [-0.3, -0.25) is 0 Å². The molecule has 0 aliphatic carbocycles. The second-order valence-electron chi connectivity index (χ2n) is 3.58. The van der Waals surface area contributed by atoms with Gasteiger partial charge in [-0.1, -0.05) is 13.0 Å². The third-order valence-electron chi connectivity index (χ3n) is 2.26. The van der Waals surface area contributed by atoms with Gasteiger partial charge in [-0.05, 0) is 47.2 Å². The van der Waals surface area contributed by atoms with Crippen LogP contribution in [-0.2, 0) is 6.54 Å². The lowest BCUT2D eigenvalue weighted by molar-refractivity contribution is 0.686. The average molecular weight is 327 g/mol. The van der Waals surface area contributed by atoms with Gasteiger partial charge in [0.05, 0.1) is 0 Å². The molecule has 1 aromatic carbocycles. The topological polar surface area (TPSA) is 29.9 Å². The number of aryl methyl sites for hydroxylation is 1. The van der Waals surface area contributed by atoms with Crippen LogP contribution < -0.4 is 5.32 Å². The molecule has 2 aromatic rings. The van der Waals surface area contributed by atoms with Gasteiger partial charge in [0.25, 0.3) is 0 Å². The van der Waals surface area contributed by atoms with E-state index in [4.69, 9.17) is 0 Å². The minimum atomic E-state index is 0.906. The highest BCUT2D eigenvalue weighted by Gasteiger charge is 2.01. The number of benzene rings is 1. The van der Waals surface area contributed by atoms with Crippen molar-refractivity contribution >= 4 is 34.2 Å². The molecule has 4 heteroatoms. The molecule has 0 radical (unpaired) electrons. The molecule has 1 N–H and O–H groups in total. The minimum absolute atomic E-state index is 0.906. The molecule has 1 aromatic heterocycles. The predicted octanol–water partition coefficient (Wildman–Crippen LogP) is 3.64. The van der Waals surface area contributed by atoms with Crippen LogP contribution in [0.15, 0.2) is 36.7 Å². The lowest BCUT2D eigenvalue weighted by Gasteiger charge is -2.08. The van der Waals surface area contributed by atoms with Crippen LogP contribution in [0.1, 0.15) is 13.3 Å². The zero-order valence-corrected chi connectivity index (χ0v) is 11.3. The molecule has 0 atom stereocenters. The summed E-state index contributed by atoms with van der Waals surface area (Å²) in [6, 6.07) is 8.26. The van der Waals surface area contributed by atoms with Gasteiger partial charge in [-0.25, -0.2) is 4.98 Å². The van der Waals surface area contributed by atoms with Crippen LogP contribution in [0.3, 0.4) is 0 Å². The number of rotatable bonds is 4. The number of aromatic nitrogens is 2. The minimum Gasteiger partial charge on any atom is -0.326 e. The Bertz CT molecular complexity index is 465. The normalized spacial score (nSPS) is 10.4. The Hall–Kier alpha value is -1.04. The van der Waals surface area contributed by atoms with Crippen molar-refractivity contribution < 1.29 is 0 Å². The van der Waals surface area contributed by atoms with E-state index in [1.807, 2.05) is 24.5 Å². The summed E-state index contributed by atoms with van der Waals surface area (Å²) in [5.41, 5.74) is 1.08. The molecule has 0 unspecified atom stereocenters. The van der Waals surface area contributed by atoms with Gasteiger partial charge in [-0.2, -0.15) is 0 Å². The van der Waals surface area contributed by atoms with E-state index < -0.39 is 0 Å². The molecule has 0 aliphatic heterocycles. The number of halogens is 1. The number of nitrogens with zero attached hydrogens (tertiary/aromatic N) is 2. The van der Waals surface area contributed by atoms with Gasteiger partial charge in [0.15, 0.2) is 0 Å². The van der Waals surface area contributed by atoms with E-state index >= 15 is 0 Å². The van der Waals surface area contributed by atoms with E-state index in [-0.39, 0.29) is 0 Å². The molecule has 0 spiro atoms. The summed E-state index contributed by atoms with van der Waals surface area (Å²) in [7, 11) is 0. The molecular formula is C12H14IN3. The van der Waals surface area contributed by atoms with Crippen LogP contribution in [-0.4, -0.2) is 9.55 Å². The van der Waals surface area contributed by atoms with E-state index in [1.54, 1.807) is 0 Å². The Balaban J connectivity index is 2.17. The molecule has 0 saturated heterocycles. The van der Waals surface area contributed by atoms with Crippen molar-refractivity contribution in [2.45, 2.75) is 19.9 Å². The molecule has 0 aliphatic rings. The van der Waals surface area contributed by atoms with Crippen LogP contribution in [0.4, 0.5) is 11.6 Å². The fraction of sp³-hybridized carbons (Fsp3) is 0.250. The van der Waals surface area contributed by atoms with Gasteiger partial charge in [0.2, 0.25) is 5.95 Å². The second-order valence-corrected chi connectivity index (χ2v) is 4.83. The summed E-state index contributed by atoms with van der Waals surface area (Å²) in [5.74, 6) is 0.906. The zero-order chi connectivity index (χ0) is 11.4. The van der Waals surface area contributed by atoms with Crippen molar-refractivity contribution in [3.8, 4) is 0 Å². The molecule has 3 nitrogen and oxygen atoms in total. The van der Waals surface area contributed by atoms with Crippen LogP contribution in [0.2, 0.25) is 0 Å². The Morgan fingerprint density at radius 2 is 2.31 bits per heavy atom. The first-order valence-electron chi connectivity index (χ1n) is 5.33. The Morgan fingerprint density at radius 3 is 3.06 bits per heavy atom. The first-order valence-corrected chi connectivity index (χ1v) is 6.41. The molecule has 84 valence electrons. The predicted molar refractivity (Wildman–Crippen MR) is 75.0 cm³/mol. The largest absolute Gasteiger partial charge is 0.326 e. The summed E-state index contributed by atoms with van der Waals surface area (Å²) >= 11 is 2.30. The SMILES string of the molecule is CCCn1ccnc1Nc1cccc(I)c1. The average Bonchev–Trinajstić information content (AvgIpc) is 2.66. The molecule has 0 bridgehead atoms. The maximum absolute atomic E-state index is 4.31. The molecule has 0 saturated carbocycles. The second kappa shape index (κ2) is 5.34.